The Morgan fingerprint density at radius 2 is 2.43 bits per heavy atom. The van der Waals surface area contributed by atoms with Crippen LogP contribution in [0.1, 0.15) is 20.7 Å². The molecule has 2 N–H and O–H groups in total. The quantitative estimate of drug-likeness (QED) is 0.886. The van der Waals surface area contributed by atoms with Crippen LogP contribution in [0, 0.1) is 0 Å². The zero-order valence-corrected chi connectivity index (χ0v) is 11.9. The van der Waals surface area contributed by atoms with Gasteiger partial charge in [-0.2, -0.15) is 0 Å². The highest BCUT2D eigenvalue weighted by molar-refractivity contribution is 5.84. The fourth-order valence-corrected chi connectivity index (χ4v) is 2.10. The summed E-state index contributed by atoms with van der Waals surface area (Å²) in [6.45, 7) is -2.04. The van der Waals surface area contributed by atoms with Crippen LogP contribution in [0.4, 0.5) is 4.79 Å². The molecule has 5 nitrogen and oxygen atoms in total. The Bertz CT molecular complexity index is 960. The average Bonchev–Trinajstić information content (AvgIpc) is 3.09. The van der Waals surface area contributed by atoms with Gasteiger partial charge in [0.15, 0.2) is 0 Å². The van der Waals surface area contributed by atoms with E-state index in [0.717, 1.165) is 0 Å². The summed E-state index contributed by atoms with van der Waals surface area (Å²) in [4.78, 5) is 15.4. The number of carbonyl (C=O) groups excluding carboxylic acids is 1. The zero-order valence-electron chi connectivity index (χ0n) is 18.9. The van der Waals surface area contributed by atoms with Crippen LogP contribution in [-0.4, -0.2) is 49.2 Å². The monoisotopic (exact) mass is 294 g/mol. The van der Waals surface area contributed by atoms with Crippen LogP contribution < -0.4 is 5.32 Å². The summed E-state index contributed by atoms with van der Waals surface area (Å²) in [7, 11) is 3.13. The van der Waals surface area contributed by atoms with E-state index in [9.17, 15) is 4.79 Å². The summed E-state index contributed by atoms with van der Waals surface area (Å²) < 4.78 is 62.5. The van der Waals surface area contributed by atoms with Crippen LogP contribution in [0.2, 0.25) is 0 Å². The minimum Gasteiger partial charge on any atom is -0.447 e. The van der Waals surface area contributed by atoms with Crippen molar-refractivity contribution in [2.24, 2.45) is 0 Å². The molecule has 0 spiro atoms. The third kappa shape index (κ3) is 3.19. The Morgan fingerprint density at radius 3 is 3.14 bits per heavy atom. The van der Waals surface area contributed by atoms with Crippen molar-refractivity contribution in [2.75, 3.05) is 27.2 Å². The normalized spacial score (nSPS) is 27.2. The number of hydrogen-bond acceptors (Lipinski definition) is 3. The second-order valence-electron chi connectivity index (χ2n) is 5.04. The maximum atomic E-state index is 11.3. The molecule has 1 atom stereocenters. The highest BCUT2D eigenvalue weighted by Gasteiger charge is 2.22. The van der Waals surface area contributed by atoms with Crippen molar-refractivity contribution < 1.29 is 19.1 Å². The first-order chi connectivity index (χ1) is 12.9. The number of ether oxygens (including phenoxy) is 1. The van der Waals surface area contributed by atoms with Gasteiger partial charge < -0.3 is 19.9 Å². The number of aryl methyl sites for hydroxylation is 1. The van der Waals surface area contributed by atoms with Crippen LogP contribution in [-0.2, 0) is 17.6 Å². The lowest BCUT2D eigenvalue weighted by atomic mass is 10.0. The van der Waals surface area contributed by atoms with Gasteiger partial charge in [-0.05, 0) is 50.1 Å². The number of nitrogens with one attached hydrogen (secondary N) is 2. The van der Waals surface area contributed by atoms with Gasteiger partial charge in [-0.1, -0.05) is 6.04 Å². The van der Waals surface area contributed by atoms with E-state index in [0.29, 0.717) is 0 Å². The third-order valence-electron chi connectivity index (χ3n) is 3.12. The van der Waals surface area contributed by atoms with Crippen LogP contribution in [0.5, 0.6) is 0 Å². The standard InChI is InChI=1S/C16H21N3O2/c1-19(2)6-5-12-9-17-15-4-3-11(8-14(12)15)7-13-10-21-16(20)18-13/h3-4,8-9,13,17H,5-7,10H2,1-2H3,(H,18,20)/t13-/m0/s1/i3D,4D,6D2,8D,9D,13D. The number of cyclic esters (lactones) is 1. The number of aromatic nitrogens is 1. The number of nitrogens with zero attached hydrogens (tertiary/aromatic N) is 1. The predicted molar refractivity (Wildman–Crippen MR) is 82.5 cm³/mol. The molecule has 0 bridgehead atoms. The molecule has 1 aromatic carbocycles. The van der Waals surface area contributed by atoms with E-state index in [-0.39, 0.29) is 65.8 Å². The van der Waals surface area contributed by atoms with Gasteiger partial charge in [0.2, 0.25) is 0 Å². The smallest absolute Gasteiger partial charge is 0.407 e. The van der Waals surface area contributed by atoms with Crippen molar-refractivity contribution in [1.82, 2.24) is 15.2 Å². The van der Waals surface area contributed by atoms with Gasteiger partial charge in [-0.15, -0.1) is 0 Å². The van der Waals surface area contributed by atoms with E-state index in [1.54, 1.807) is 14.1 Å². The molecule has 1 fully saturated rings. The summed E-state index contributed by atoms with van der Waals surface area (Å²) >= 11 is 0. The van der Waals surface area contributed by atoms with Crippen molar-refractivity contribution in [1.29, 1.82) is 0 Å². The van der Waals surface area contributed by atoms with E-state index in [2.05, 4.69) is 10.3 Å². The molecule has 112 valence electrons. The summed E-state index contributed by atoms with van der Waals surface area (Å²) in [6, 6.07) is -2.21. The predicted octanol–water partition coefficient (Wildman–Crippen LogP) is 1.92. The second-order valence-corrected chi connectivity index (χ2v) is 5.04. The Kier molecular flexibility index (Phi) is 2.16. The van der Waals surface area contributed by atoms with E-state index in [4.69, 9.17) is 14.3 Å². The lowest BCUT2D eigenvalue weighted by Crippen LogP contribution is -2.28. The Balaban J connectivity index is 2.16. The molecule has 0 aliphatic carbocycles. The molecule has 0 unspecified atom stereocenters. The van der Waals surface area contributed by atoms with Gasteiger partial charge in [0.25, 0.3) is 0 Å². The molecule has 1 amide bonds. The fourth-order valence-electron chi connectivity index (χ4n) is 2.10. The first-order valence-corrected chi connectivity index (χ1v) is 6.58. The van der Waals surface area contributed by atoms with Crippen molar-refractivity contribution >= 4 is 17.0 Å². The zero-order chi connectivity index (χ0) is 21.0. The molecule has 2 heterocycles. The Labute approximate surface area is 134 Å². The van der Waals surface area contributed by atoms with Gasteiger partial charge in [0.1, 0.15) is 6.61 Å². The van der Waals surface area contributed by atoms with Crippen molar-refractivity contribution in [2.45, 2.75) is 18.9 Å². The number of hydrogen-bond donors (Lipinski definition) is 2. The van der Waals surface area contributed by atoms with Crippen LogP contribution in [0.15, 0.2) is 24.3 Å². The minimum atomic E-state index is -1.79. The highest BCUT2D eigenvalue weighted by atomic mass is 16.6. The number of benzene rings is 1. The van der Waals surface area contributed by atoms with Crippen molar-refractivity contribution in [3.05, 3.63) is 35.4 Å². The number of aromatic amines is 1. The van der Waals surface area contributed by atoms with Crippen LogP contribution >= 0.6 is 0 Å². The number of amides is 1. The van der Waals surface area contributed by atoms with Crippen LogP contribution in [0.3, 0.4) is 0 Å². The number of likely N-dealkylation sites (N-methyl/N-ethyl adjacent to an activating group) is 1. The molecule has 1 aliphatic rings. The fraction of sp³-hybridized carbons (Fsp3) is 0.438. The number of H-pyrrole nitrogens is 1. The Morgan fingerprint density at radius 1 is 1.57 bits per heavy atom. The van der Waals surface area contributed by atoms with E-state index >= 15 is 0 Å². The number of fused-ring (bicyclic) bond motifs is 1. The second kappa shape index (κ2) is 5.77. The first kappa shape index (κ1) is 7.84. The molecule has 5 heteroatoms. The van der Waals surface area contributed by atoms with E-state index in [1.165, 1.54) is 4.90 Å². The Hall–Kier alpha value is -2.01. The maximum absolute atomic E-state index is 11.3. The summed E-state index contributed by atoms with van der Waals surface area (Å²) in [5, 5.41) is 2.53. The largest absolute Gasteiger partial charge is 0.447 e. The third-order valence-corrected chi connectivity index (χ3v) is 3.12. The van der Waals surface area contributed by atoms with E-state index in [1.807, 2.05) is 0 Å². The molecule has 1 aliphatic heterocycles. The summed E-state index contributed by atoms with van der Waals surface area (Å²) in [5.41, 5.74) is 0.433. The number of alkyl carbamates (subject to hydrolysis) is 1. The number of rotatable bonds is 5. The van der Waals surface area contributed by atoms with Gasteiger partial charge in [-0.25, -0.2) is 4.79 Å². The molecule has 21 heavy (non-hydrogen) atoms. The van der Waals surface area contributed by atoms with Gasteiger partial charge in [0.05, 0.1) is 12.9 Å². The SMILES string of the molecule is [2H]c1[nH]c2c([2H])c([2H])c(C[C@@]3([2H])COC(=O)N3)c([2H])c2c1CC([2H])([2H])N(C)C. The van der Waals surface area contributed by atoms with Gasteiger partial charge >= 0.3 is 6.09 Å². The van der Waals surface area contributed by atoms with E-state index < -0.39 is 18.6 Å². The number of carbonyl (C=O) groups is 1. The highest BCUT2D eigenvalue weighted by Crippen LogP contribution is 2.21. The molecule has 0 radical (unpaired) electrons. The molecular weight excluding hydrogens is 266 g/mol. The molecule has 2 aromatic rings. The van der Waals surface area contributed by atoms with Crippen molar-refractivity contribution in [3.8, 4) is 0 Å². The van der Waals surface area contributed by atoms with Crippen LogP contribution in [0.25, 0.3) is 10.9 Å². The average molecular weight is 294 g/mol. The van der Waals surface area contributed by atoms with Crippen molar-refractivity contribution in [3.63, 3.8) is 0 Å². The molecule has 0 saturated carbocycles. The molecular formula is C16H21N3O2. The maximum Gasteiger partial charge on any atom is 0.407 e. The van der Waals surface area contributed by atoms with Gasteiger partial charge in [-0.3, -0.25) is 0 Å². The molecule has 1 saturated heterocycles. The molecule has 1 aromatic heterocycles. The lowest BCUT2D eigenvalue weighted by molar-refractivity contribution is 0.177. The summed E-state index contributed by atoms with van der Waals surface area (Å²) in [6.07, 6.45) is -1.27. The lowest BCUT2D eigenvalue weighted by Gasteiger charge is -2.09. The molecule has 3 rings (SSSR count). The van der Waals surface area contributed by atoms with Gasteiger partial charge in [0, 0.05) is 26.3 Å². The topological polar surface area (TPSA) is 57.4 Å². The minimum absolute atomic E-state index is 0.0731. The summed E-state index contributed by atoms with van der Waals surface area (Å²) in [5.74, 6) is 0. The first-order valence-electron chi connectivity index (χ1n) is 10.1.